The van der Waals surface area contributed by atoms with E-state index in [1.807, 2.05) is 6.92 Å². The highest BCUT2D eigenvalue weighted by atomic mass is 16.2. The maximum absolute atomic E-state index is 10.9. The summed E-state index contributed by atoms with van der Waals surface area (Å²) >= 11 is 0. The predicted octanol–water partition coefficient (Wildman–Crippen LogP) is 1.18. The Labute approximate surface area is 61.7 Å². The summed E-state index contributed by atoms with van der Waals surface area (Å²) in [5.41, 5.74) is 0. The van der Waals surface area contributed by atoms with Crippen molar-refractivity contribution < 1.29 is 4.79 Å². The molecule has 0 atom stereocenters. The van der Waals surface area contributed by atoms with E-state index in [4.69, 9.17) is 0 Å². The zero-order valence-corrected chi connectivity index (χ0v) is 6.55. The number of carbonyl (C=O) groups is 1. The van der Waals surface area contributed by atoms with E-state index in [1.54, 1.807) is 11.9 Å². The van der Waals surface area contributed by atoms with E-state index in [1.165, 1.54) is 6.20 Å². The number of rotatable bonds is 3. The molecule has 0 aromatic rings. The first kappa shape index (κ1) is 9.01. The van der Waals surface area contributed by atoms with Crippen molar-refractivity contribution in [3.8, 4) is 0 Å². The number of nitrogens with zero attached hydrogens (tertiary/aromatic N) is 1. The molecule has 0 saturated heterocycles. The molecule has 10 heavy (non-hydrogen) atoms. The molecule has 0 aromatic carbocycles. The summed E-state index contributed by atoms with van der Waals surface area (Å²) in [6.45, 7) is 6.25. The van der Waals surface area contributed by atoms with Crippen molar-refractivity contribution in [2.75, 3.05) is 13.6 Å². The van der Waals surface area contributed by atoms with Gasteiger partial charge in [0.25, 0.3) is 0 Å². The minimum Gasteiger partial charge on any atom is -0.341 e. The molecule has 0 rings (SSSR count). The Morgan fingerprint density at radius 1 is 1.80 bits per heavy atom. The Morgan fingerprint density at radius 2 is 2.40 bits per heavy atom. The molecular formula is C7H14N2O. The van der Waals surface area contributed by atoms with Gasteiger partial charge in [0, 0.05) is 19.8 Å². The Bertz CT molecular complexity index is 123. The number of amides is 2. The Hall–Kier alpha value is -0.990. The van der Waals surface area contributed by atoms with E-state index < -0.39 is 0 Å². The van der Waals surface area contributed by atoms with Crippen LogP contribution in [0.1, 0.15) is 13.3 Å². The molecule has 1 N–H and O–H groups in total. The SMILES string of the molecule is C=CN(CCC)C(=O)NC. The van der Waals surface area contributed by atoms with Crippen molar-refractivity contribution in [3.63, 3.8) is 0 Å². The van der Waals surface area contributed by atoms with E-state index in [-0.39, 0.29) is 6.03 Å². The average molecular weight is 142 g/mol. The van der Waals surface area contributed by atoms with Gasteiger partial charge in [-0.2, -0.15) is 0 Å². The number of hydrogen-bond acceptors (Lipinski definition) is 1. The number of carbonyl (C=O) groups excluding carboxylic acids is 1. The summed E-state index contributed by atoms with van der Waals surface area (Å²) in [7, 11) is 1.61. The summed E-state index contributed by atoms with van der Waals surface area (Å²) in [4.78, 5) is 12.4. The van der Waals surface area contributed by atoms with Gasteiger partial charge in [-0.15, -0.1) is 0 Å². The van der Waals surface area contributed by atoms with Crippen LogP contribution in [0.5, 0.6) is 0 Å². The first-order chi connectivity index (χ1) is 4.76. The molecule has 0 spiro atoms. The Morgan fingerprint density at radius 3 is 2.70 bits per heavy atom. The molecule has 0 aliphatic rings. The molecule has 0 heterocycles. The maximum atomic E-state index is 10.9. The molecule has 3 heteroatoms. The zero-order chi connectivity index (χ0) is 7.98. The molecule has 0 radical (unpaired) electrons. The van der Waals surface area contributed by atoms with Gasteiger partial charge in [0.15, 0.2) is 0 Å². The van der Waals surface area contributed by atoms with Crippen LogP contribution in [0, 0.1) is 0 Å². The zero-order valence-electron chi connectivity index (χ0n) is 6.55. The second kappa shape index (κ2) is 4.85. The Balaban J connectivity index is 3.80. The van der Waals surface area contributed by atoms with Crippen molar-refractivity contribution in [3.05, 3.63) is 12.8 Å². The summed E-state index contributed by atoms with van der Waals surface area (Å²) in [6.07, 6.45) is 2.47. The largest absolute Gasteiger partial charge is 0.341 e. The van der Waals surface area contributed by atoms with Gasteiger partial charge in [0.05, 0.1) is 0 Å². The molecule has 2 amide bonds. The van der Waals surface area contributed by atoms with Crippen LogP contribution in [0.15, 0.2) is 12.8 Å². The fourth-order valence-electron chi connectivity index (χ4n) is 0.660. The van der Waals surface area contributed by atoms with Crippen molar-refractivity contribution >= 4 is 6.03 Å². The van der Waals surface area contributed by atoms with Gasteiger partial charge in [-0.25, -0.2) is 4.79 Å². The minimum absolute atomic E-state index is 0.100. The van der Waals surface area contributed by atoms with Gasteiger partial charge in [-0.3, -0.25) is 0 Å². The van der Waals surface area contributed by atoms with Crippen LogP contribution in [-0.4, -0.2) is 24.5 Å². The van der Waals surface area contributed by atoms with E-state index in [0.29, 0.717) is 0 Å². The highest BCUT2D eigenvalue weighted by Gasteiger charge is 2.03. The van der Waals surface area contributed by atoms with Gasteiger partial charge in [-0.05, 0) is 6.42 Å². The number of hydrogen-bond donors (Lipinski definition) is 1. The molecule has 58 valence electrons. The summed E-state index contributed by atoms with van der Waals surface area (Å²) in [6, 6.07) is -0.100. The van der Waals surface area contributed by atoms with E-state index >= 15 is 0 Å². The highest BCUT2D eigenvalue weighted by Crippen LogP contribution is 1.90. The predicted molar refractivity (Wildman–Crippen MR) is 41.6 cm³/mol. The maximum Gasteiger partial charge on any atom is 0.321 e. The summed E-state index contributed by atoms with van der Waals surface area (Å²) < 4.78 is 0. The molecule has 0 fully saturated rings. The molecule has 3 nitrogen and oxygen atoms in total. The standard InChI is InChI=1S/C7H14N2O/c1-4-6-9(5-2)7(10)8-3/h5H,2,4,6H2,1,3H3,(H,8,10). The van der Waals surface area contributed by atoms with E-state index in [0.717, 1.165) is 13.0 Å². The third-order valence-electron chi connectivity index (χ3n) is 1.16. The molecule has 0 saturated carbocycles. The Kier molecular flexibility index (Phi) is 4.37. The lowest BCUT2D eigenvalue weighted by Gasteiger charge is -2.15. The molecule has 0 aromatic heterocycles. The minimum atomic E-state index is -0.100. The number of nitrogens with one attached hydrogen (secondary N) is 1. The van der Waals surface area contributed by atoms with Gasteiger partial charge in [0.1, 0.15) is 0 Å². The van der Waals surface area contributed by atoms with Crippen LogP contribution in [0.25, 0.3) is 0 Å². The van der Waals surface area contributed by atoms with Crippen LogP contribution in [0.2, 0.25) is 0 Å². The summed E-state index contributed by atoms with van der Waals surface area (Å²) in [5, 5.41) is 2.52. The van der Waals surface area contributed by atoms with Gasteiger partial charge < -0.3 is 10.2 Å². The van der Waals surface area contributed by atoms with Crippen molar-refractivity contribution in [2.45, 2.75) is 13.3 Å². The van der Waals surface area contributed by atoms with Crippen LogP contribution in [0.4, 0.5) is 4.79 Å². The lowest BCUT2D eigenvalue weighted by molar-refractivity contribution is 0.217. The molecule has 0 aliphatic carbocycles. The third-order valence-corrected chi connectivity index (χ3v) is 1.16. The fraction of sp³-hybridized carbons (Fsp3) is 0.571. The van der Waals surface area contributed by atoms with Crippen LogP contribution in [-0.2, 0) is 0 Å². The smallest absolute Gasteiger partial charge is 0.321 e. The van der Waals surface area contributed by atoms with Gasteiger partial charge in [-0.1, -0.05) is 13.5 Å². The third kappa shape index (κ3) is 2.53. The molecule has 0 unspecified atom stereocenters. The fourth-order valence-corrected chi connectivity index (χ4v) is 0.660. The van der Waals surface area contributed by atoms with Crippen molar-refractivity contribution in [1.82, 2.24) is 10.2 Å². The average Bonchev–Trinajstić information content (AvgIpc) is 1.99. The lowest BCUT2D eigenvalue weighted by Crippen LogP contribution is -2.34. The van der Waals surface area contributed by atoms with E-state index in [9.17, 15) is 4.79 Å². The second-order valence-electron chi connectivity index (χ2n) is 1.93. The monoisotopic (exact) mass is 142 g/mol. The topological polar surface area (TPSA) is 32.3 Å². The molecule has 0 bridgehead atoms. The van der Waals surface area contributed by atoms with Crippen molar-refractivity contribution in [1.29, 1.82) is 0 Å². The van der Waals surface area contributed by atoms with Crippen LogP contribution < -0.4 is 5.32 Å². The van der Waals surface area contributed by atoms with Crippen LogP contribution in [0.3, 0.4) is 0 Å². The van der Waals surface area contributed by atoms with Gasteiger partial charge >= 0.3 is 6.03 Å². The van der Waals surface area contributed by atoms with E-state index in [2.05, 4.69) is 11.9 Å². The lowest BCUT2D eigenvalue weighted by atomic mass is 10.4. The normalized spacial score (nSPS) is 8.60. The first-order valence-electron chi connectivity index (χ1n) is 3.37. The summed E-state index contributed by atoms with van der Waals surface area (Å²) in [5.74, 6) is 0. The highest BCUT2D eigenvalue weighted by molar-refractivity contribution is 5.74. The quantitative estimate of drug-likeness (QED) is 0.630. The van der Waals surface area contributed by atoms with Gasteiger partial charge in [0.2, 0.25) is 0 Å². The number of urea groups is 1. The molecule has 0 aliphatic heterocycles. The second-order valence-corrected chi connectivity index (χ2v) is 1.93. The van der Waals surface area contributed by atoms with Crippen molar-refractivity contribution in [2.24, 2.45) is 0 Å². The van der Waals surface area contributed by atoms with Crippen LogP contribution >= 0.6 is 0 Å². The molecular weight excluding hydrogens is 128 g/mol. The first-order valence-corrected chi connectivity index (χ1v) is 3.37.